The van der Waals surface area contributed by atoms with Gasteiger partial charge in [-0.05, 0) is 30.5 Å². The van der Waals surface area contributed by atoms with Crippen molar-refractivity contribution in [1.82, 2.24) is 14.8 Å². The van der Waals surface area contributed by atoms with E-state index < -0.39 is 0 Å². The molecule has 18 heavy (non-hydrogen) atoms. The molecule has 2 aromatic rings. The minimum absolute atomic E-state index is 0.204. The standard InChI is InChI=1S/C14H16FN3/c1-10-4-3-7-18-14(10)16-13(17-18)9-11-5-2-6-12(15)8-11/h2,5-6,8,10H,3-4,7,9H2,1H3. The normalized spacial score (nSPS) is 18.7. The Morgan fingerprint density at radius 3 is 3.11 bits per heavy atom. The molecule has 1 aromatic carbocycles. The fourth-order valence-corrected chi connectivity index (χ4v) is 2.51. The molecule has 1 aromatic heterocycles. The number of fused-ring (bicyclic) bond motifs is 1. The van der Waals surface area contributed by atoms with Gasteiger partial charge < -0.3 is 0 Å². The minimum Gasteiger partial charge on any atom is -0.250 e. The second kappa shape index (κ2) is 4.52. The topological polar surface area (TPSA) is 30.7 Å². The van der Waals surface area contributed by atoms with E-state index in [0.717, 1.165) is 30.2 Å². The Kier molecular flexibility index (Phi) is 2.86. The lowest BCUT2D eigenvalue weighted by Gasteiger charge is -2.17. The van der Waals surface area contributed by atoms with Gasteiger partial charge in [-0.25, -0.2) is 14.1 Å². The summed E-state index contributed by atoms with van der Waals surface area (Å²) in [7, 11) is 0. The van der Waals surface area contributed by atoms with Crippen LogP contribution in [0.3, 0.4) is 0 Å². The molecule has 4 heteroatoms. The molecule has 0 amide bonds. The van der Waals surface area contributed by atoms with E-state index in [-0.39, 0.29) is 5.82 Å². The van der Waals surface area contributed by atoms with Gasteiger partial charge in [0.1, 0.15) is 11.6 Å². The Balaban J connectivity index is 1.85. The van der Waals surface area contributed by atoms with Crippen molar-refractivity contribution in [3.05, 3.63) is 47.3 Å². The molecule has 2 heterocycles. The largest absolute Gasteiger partial charge is 0.250 e. The van der Waals surface area contributed by atoms with Crippen LogP contribution in [0, 0.1) is 5.82 Å². The molecule has 0 N–H and O–H groups in total. The molecule has 3 rings (SSSR count). The van der Waals surface area contributed by atoms with Crippen LogP contribution in [-0.2, 0) is 13.0 Å². The van der Waals surface area contributed by atoms with Gasteiger partial charge in [-0.15, -0.1) is 0 Å². The smallest absolute Gasteiger partial charge is 0.155 e. The minimum atomic E-state index is -0.204. The molecule has 1 atom stereocenters. The van der Waals surface area contributed by atoms with E-state index in [1.165, 1.54) is 12.5 Å². The van der Waals surface area contributed by atoms with Crippen molar-refractivity contribution in [2.24, 2.45) is 0 Å². The van der Waals surface area contributed by atoms with Gasteiger partial charge in [0.05, 0.1) is 0 Å². The van der Waals surface area contributed by atoms with Crippen LogP contribution >= 0.6 is 0 Å². The zero-order valence-corrected chi connectivity index (χ0v) is 10.4. The summed E-state index contributed by atoms with van der Waals surface area (Å²) < 4.78 is 15.1. The number of aryl methyl sites for hydroxylation is 1. The van der Waals surface area contributed by atoms with Gasteiger partial charge in [0, 0.05) is 18.9 Å². The summed E-state index contributed by atoms with van der Waals surface area (Å²) in [5.74, 6) is 2.15. The zero-order valence-electron chi connectivity index (χ0n) is 10.4. The Bertz CT molecular complexity index is 562. The SMILES string of the molecule is CC1CCCn2nc(Cc3cccc(F)c3)nc21. The van der Waals surface area contributed by atoms with Crippen molar-refractivity contribution >= 4 is 0 Å². The Hall–Kier alpha value is -1.71. The molecular weight excluding hydrogens is 229 g/mol. The second-order valence-electron chi connectivity index (χ2n) is 4.96. The molecular formula is C14H16FN3. The number of benzene rings is 1. The Labute approximate surface area is 106 Å². The number of hydrogen-bond donors (Lipinski definition) is 0. The second-order valence-corrected chi connectivity index (χ2v) is 4.96. The van der Waals surface area contributed by atoms with E-state index in [1.54, 1.807) is 12.1 Å². The van der Waals surface area contributed by atoms with Gasteiger partial charge in [-0.3, -0.25) is 0 Å². The number of halogens is 1. The summed E-state index contributed by atoms with van der Waals surface area (Å²) in [6, 6.07) is 6.64. The lowest BCUT2D eigenvalue weighted by molar-refractivity contribution is 0.431. The molecule has 1 unspecified atom stereocenters. The predicted octanol–water partition coefficient (Wildman–Crippen LogP) is 2.91. The third-order valence-electron chi connectivity index (χ3n) is 3.44. The number of aromatic nitrogens is 3. The monoisotopic (exact) mass is 245 g/mol. The van der Waals surface area contributed by atoms with E-state index in [0.29, 0.717) is 12.3 Å². The fraction of sp³-hybridized carbons (Fsp3) is 0.429. The number of hydrogen-bond acceptors (Lipinski definition) is 2. The van der Waals surface area contributed by atoms with E-state index >= 15 is 0 Å². The van der Waals surface area contributed by atoms with Crippen molar-refractivity contribution in [2.75, 3.05) is 0 Å². The molecule has 1 aliphatic rings. The molecule has 0 spiro atoms. The van der Waals surface area contributed by atoms with Gasteiger partial charge in [-0.1, -0.05) is 19.1 Å². The van der Waals surface area contributed by atoms with Crippen molar-refractivity contribution in [3.63, 3.8) is 0 Å². The highest BCUT2D eigenvalue weighted by molar-refractivity contribution is 5.20. The van der Waals surface area contributed by atoms with Crippen LogP contribution in [0.2, 0.25) is 0 Å². The molecule has 0 saturated heterocycles. The fourth-order valence-electron chi connectivity index (χ4n) is 2.51. The average Bonchev–Trinajstić information content (AvgIpc) is 2.73. The van der Waals surface area contributed by atoms with Crippen LogP contribution in [-0.4, -0.2) is 14.8 Å². The van der Waals surface area contributed by atoms with Gasteiger partial charge in [0.2, 0.25) is 0 Å². The van der Waals surface area contributed by atoms with Gasteiger partial charge >= 0.3 is 0 Å². The summed E-state index contributed by atoms with van der Waals surface area (Å²) in [5, 5.41) is 4.51. The van der Waals surface area contributed by atoms with Crippen LogP contribution in [0.15, 0.2) is 24.3 Å². The lowest BCUT2D eigenvalue weighted by Crippen LogP contribution is -2.14. The zero-order chi connectivity index (χ0) is 12.5. The van der Waals surface area contributed by atoms with Gasteiger partial charge in [0.25, 0.3) is 0 Å². The quantitative estimate of drug-likeness (QED) is 0.814. The summed E-state index contributed by atoms with van der Waals surface area (Å²) in [6.45, 7) is 3.14. The third kappa shape index (κ3) is 2.15. The number of rotatable bonds is 2. The maximum atomic E-state index is 13.1. The molecule has 0 bridgehead atoms. The molecule has 94 valence electrons. The van der Waals surface area contributed by atoms with Crippen LogP contribution in [0.1, 0.15) is 42.9 Å². The first kappa shape index (κ1) is 11.4. The van der Waals surface area contributed by atoms with E-state index in [1.807, 2.05) is 10.7 Å². The van der Waals surface area contributed by atoms with Crippen molar-refractivity contribution < 1.29 is 4.39 Å². The summed E-state index contributed by atoms with van der Waals surface area (Å²) in [4.78, 5) is 4.59. The van der Waals surface area contributed by atoms with Crippen LogP contribution in [0.5, 0.6) is 0 Å². The molecule has 0 saturated carbocycles. The van der Waals surface area contributed by atoms with E-state index in [4.69, 9.17) is 0 Å². The number of nitrogens with zero attached hydrogens (tertiary/aromatic N) is 3. The third-order valence-corrected chi connectivity index (χ3v) is 3.44. The van der Waals surface area contributed by atoms with Crippen LogP contribution in [0.25, 0.3) is 0 Å². The molecule has 0 fully saturated rings. The summed E-state index contributed by atoms with van der Waals surface area (Å²) >= 11 is 0. The first-order valence-electron chi connectivity index (χ1n) is 6.40. The maximum absolute atomic E-state index is 13.1. The van der Waals surface area contributed by atoms with Gasteiger partial charge in [0.15, 0.2) is 5.82 Å². The maximum Gasteiger partial charge on any atom is 0.155 e. The summed E-state index contributed by atoms with van der Waals surface area (Å²) in [6.07, 6.45) is 2.94. The first-order chi connectivity index (χ1) is 8.72. The average molecular weight is 245 g/mol. The van der Waals surface area contributed by atoms with E-state index in [2.05, 4.69) is 17.0 Å². The van der Waals surface area contributed by atoms with Crippen LogP contribution in [0.4, 0.5) is 4.39 Å². The van der Waals surface area contributed by atoms with Gasteiger partial charge in [-0.2, -0.15) is 5.10 Å². The highest BCUT2D eigenvalue weighted by atomic mass is 19.1. The van der Waals surface area contributed by atoms with E-state index in [9.17, 15) is 4.39 Å². The molecule has 3 nitrogen and oxygen atoms in total. The van der Waals surface area contributed by atoms with Crippen LogP contribution < -0.4 is 0 Å². The molecule has 1 aliphatic heterocycles. The molecule has 0 aliphatic carbocycles. The Morgan fingerprint density at radius 1 is 1.44 bits per heavy atom. The molecule has 0 radical (unpaired) electrons. The highest BCUT2D eigenvalue weighted by Crippen LogP contribution is 2.24. The van der Waals surface area contributed by atoms with Crippen molar-refractivity contribution in [3.8, 4) is 0 Å². The van der Waals surface area contributed by atoms with Crippen molar-refractivity contribution in [1.29, 1.82) is 0 Å². The van der Waals surface area contributed by atoms with Crippen molar-refractivity contribution in [2.45, 2.75) is 38.6 Å². The first-order valence-corrected chi connectivity index (χ1v) is 6.40. The predicted molar refractivity (Wildman–Crippen MR) is 66.9 cm³/mol. The summed E-state index contributed by atoms with van der Waals surface area (Å²) in [5.41, 5.74) is 0.922. The lowest BCUT2D eigenvalue weighted by atomic mass is 10.0. The highest BCUT2D eigenvalue weighted by Gasteiger charge is 2.20. The Morgan fingerprint density at radius 2 is 2.33 bits per heavy atom.